The molecule has 1 fully saturated rings. The Morgan fingerprint density at radius 1 is 1.29 bits per heavy atom. The second-order valence-corrected chi connectivity index (χ2v) is 5.37. The topological polar surface area (TPSA) is 44.4 Å². The minimum Gasteiger partial charge on any atom is -0.353 e. The Hall–Kier alpha value is -0.610. The van der Waals surface area contributed by atoms with Gasteiger partial charge in [-0.15, -0.1) is 0 Å². The van der Waals surface area contributed by atoms with Gasteiger partial charge in [-0.05, 0) is 33.7 Å². The molecule has 4 heteroatoms. The first-order valence-corrected chi connectivity index (χ1v) is 6.73. The lowest BCUT2D eigenvalue weighted by Gasteiger charge is -2.35. The highest BCUT2D eigenvalue weighted by atomic mass is 16.1. The molecule has 0 radical (unpaired) electrons. The van der Waals surface area contributed by atoms with Gasteiger partial charge in [0.05, 0.1) is 0 Å². The lowest BCUT2D eigenvalue weighted by atomic mass is 10.0. The van der Waals surface area contributed by atoms with Crippen LogP contribution in [-0.4, -0.2) is 49.6 Å². The number of hydrogen-bond acceptors (Lipinski definition) is 3. The Balaban J connectivity index is 2.28. The molecule has 0 aromatic rings. The zero-order valence-corrected chi connectivity index (χ0v) is 11.6. The van der Waals surface area contributed by atoms with Crippen LogP contribution in [0, 0.1) is 5.92 Å². The molecular weight excluding hydrogens is 214 g/mol. The Kier molecular flexibility index (Phi) is 5.92. The van der Waals surface area contributed by atoms with E-state index in [9.17, 15) is 4.79 Å². The standard InChI is InChI=1S/C13H27N3O/c1-10(2)16-7-5-12(6-8-16)15-13(17)11(3)9-14-4/h10-12,14H,5-9H2,1-4H3,(H,15,17). The van der Waals surface area contributed by atoms with Gasteiger partial charge < -0.3 is 15.5 Å². The molecule has 1 aliphatic heterocycles. The van der Waals surface area contributed by atoms with Gasteiger partial charge in [0, 0.05) is 37.6 Å². The molecular formula is C13H27N3O. The fourth-order valence-corrected chi connectivity index (χ4v) is 2.30. The number of hydrogen-bond donors (Lipinski definition) is 2. The van der Waals surface area contributed by atoms with Gasteiger partial charge in [0.15, 0.2) is 0 Å². The maximum atomic E-state index is 11.9. The number of nitrogens with zero attached hydrogens (tertiary/aromatic N) is 1. The van der Waals surface area contributed by atoms with Crippen LogP contribution < -0.4 is 10.6 Å². The number of likely N-dealkylation sites (tertiary alicyclic amines) is 1. The summed E-state index contributed by atoms with van der Waals surface area (Å²) in [6, 6.07) is 0.992. The third-order valence-corrected chi connectivity index (χ3v) is 3.56. The van der Waals surface area contributed by atoms with Gasteiger partial charge in [-0.2, -0.15) is 0 Å². The first-order chi connectivity index (χ1) is 8.04. The highest BCUT2D eigenvalue weighted by Gasteiger charge is 2.23. The summed E-state index contributed by atoms with van der Waals surface area (Å²) in [6.45, 7) is 9.37. The second kappa shape index (κ2) is 6.97. The van der Waals surface area contributed by atoms with E-state index in [0.717, 1.165) is 32.5 Å². The van der Waals surface area contributed by atoms with Gasteiger partial charge in [0.2, 0.25) is 5.91 Å². The maximum absolute atomic E-state index is 11.9. The molecule has 100 valence electrons. The minimum atomic E-state index is 0.0585. The van der Waals surface area contributed by atoms with E-state index in [0.29, 0.717) is 12.1 Å². The van der Waals surface area contributed by atoms with Crippen molar-refractivity contribution in [2.24, 2.45) is 5.92 Å². The zero-order valence-electron chi connectivity index (χ0n) is 11.6. The quantitative estimate of drug-likeness (QED) is 0.749. The molecule has 0 saturated carbocycles. The minimum absolute atomic E-state index is 0.0585. The van der Waals surface area contributed by atoms with Crippen molar-refractivity contribution in [3.05, 3.63) is 0 Å². The summed E-state index contributed by atoms with van der Waals surface area (Å²) in [7, 11) is 1.88. The van der Waals surface area contributed by atoms with Gasteiger partial charge in [-0.1, -0.05) is 6.92 Å². The number of rotatable bonds is 5. The lowest BCUT2D eigenvalue weighted by Crippen LogP contribution is -2.48. The van der Waals surface area contributed by atoms with E-state index in [1.54, 1.807) is 0 Å². The molecule has 0 aromatic carbocycles. The normalized spacial score (nSPS) is 20.5. The van der Waals surface area contributed by atoms with Gasteiger partial charge >= 0.3 is 0 Å². The van der Waals surface area contributed by atoms with E-state index in [2.05, 4.69) is 29.4 Å². The average Bonchev–Trinajstić information content (AvgIpc) is 2.30. The van der Waals surface area contributed by atoms with Crippen LogP contribution in [0.25, 0.3) is 0 Å². The highest BCUT2D eigenvalue weighted by Crippen LogP contribution is 2.13. The molecule has 1 unspecified atom stereocenters. The molecule has 1 heterocycles. The van der Waals surface area contributed by atoms with Crippen LogP contribution in [0.4, 0.5) is 0 Å². The third-order valence-electron chi connectivity index (χ3n) is 3.56. The zero-order chi connectivity index (χ0) is 12.8. The monoisotopic (exact) mass is 241 g/mol. The van der Waals surface area contributed by atoms with Crippen LogP contribution in [0.1, 0.15) is 33.6 Å². The smallest absolute Gasteiger partial charge is 0.224 e. The molecule has 2 N–H and O–H groups in total. The predicted octanol–water partition coefficient (Wildman–Crippen LogP) is 0.831. The van der Waals surface area contributed by atoms with Crippen molar-refractivity contribution >= 4 is 5.91 Å². The second-order valence-electron chi connectivity index (χ2n) is 5.37. The molecule has 1 saturated heterocycles. The first kappa shape index (κ1) is 14.5. The molecule has 1 atom stereocenters. The molecule has 1 aliphatic rings. The SMILES string of the molecule is CNCC(C)C(=O)NC1CCN(C(C)C)CC1. The average molecular weight is 241 g/mol. The number of carbonyl (C=O) groups is 1. The summed E-state index contributed by atoms with van der Waals surface area (Å²) >= 11 is 0. The van der Waals surface area contributed by atoms with Crippen LogP contribution in [0.5, 0.6) is 0 Å². The van der Waals surface area contributed by atoms with Crippen LogP contribution >= 0.6 is 0 Å². The fourth-order valence-electron chi connectivity index (χ4n) is 2.30. The van der Waals surface area contributed by atoms with Crippen LogP contribution in [0.2, 0.25) is 0 Å². The molecule has 0 aromatic heterocycles. The number of amides is 1. The van der Waals surface area contributed by atoms with Crippen molar-refractivity contribution in [2.75, 3.05) is 26.7 Å². The van der Waals surface area contributed by atoms with Crippen LogP contribution in [0.3, 0.4) is 0 Å². The van der Waals surface area contributed by atoms with Gasteiger partial charge in [0.25, 0.3) is 0 Å². The molecule has 1 rings (SSSR count). The Morgan fingerprint density at radius 2 is 1.88 bits per heavy atom. The number of nitrogens with one attached hydrogen (secondary N) is 2. The van der Waals surface area contributed by atoms with Crippen LogP contribution in [0.15, 0.2) is 0 Å². The van der Waals surface area contributed by atoms with Crippen molar-refractivity contribution in [3.8, 4) is 0 Å². The fraction of sp³-hybridized carbons (Fsp3) is 0.923. The first-order valence-electron chi connectivity index (χ1n) is 6.73. The van der Waals surface area contributed by atoms with Crippen LogP contribution in [-0.2, 0) is 4.79 Å². The third kappa shape index (κ3) is 4.64. The van der Waals surface area contributed by atoms with Crippen molar-refractivity contribution in [1.29, 1.82) is 0 Å². The van der Waals surface area contributed by atoms with Gasteiger partial charge in [0.1, 0.15) is 0 Å². The van der Waals surface area contributed by atoms with E-state index in [1.165, 1.54) is 0 Å². The van der Waals surface area contributed by atoms with E-state index in [1.807, 2.05) is 14.0 Å². The molecule has 4 nitrogen and oxygen atoms in total. The number of carbonyl (C=O) groups excluding carboxylic acids is 1. The van der Waals surface area contributed by atoms with Gasteiger partial charge in [-0.25, -0.2) is 0 Å². The Labute approximate surface area is 105 Å². The summed E-state index contributed by atoms with van der Waals surface area (Å²) < 4.78 is 0. The Morgan fingerprint density at radius 3 is 2.35 bits per heavy atom. The van der Waals surface area contributed by atoms with E-state index in [-0.39, 0.29) is 11.8 Å². The van der Waals surface area contributed by atoms with E-state index in [4.69, 9.17) is 0 Å². The van der Waals surface area contributed by atoms with Crippen molar-refractivity contribution in [2.45, 2.75) is 45.7 Å². The number of piperidine rings is 1. The molecule has 1 amide bonds. The Bertz CT molecular complexity index is 235. The van der Waals surface area contributed by atoms with Crippen molar-refractivity contribution < 1.29 is 4.79 Å². The highest BCUT2D eigenvalue weighted by molar-refractivity contribution is 5.78. The lowest BCUT2D eigenvalue weighted by molar-refractivity contribution is -0.125. The molecule has 0 aliphatic carbocycles. The summed E-state index contributed by atoms with van der Waals surface area (Å²) in [4.78, 5) is 14.3. The summed E-state index contributed by atoms with van der Waals surface area (Å²) in [6.07, 6.45) is 2.16. The summed E-state index contributed by atoms with van der Waals surface area (Å²) in [5.74, 6) is 0.241. The van der Waals surface area contributed by atoms with E-state index >= 15 is 0 Å². The van der Waals surface area contributed by atoms with E-state index < -0.39 is 0 Å². The molecule has 0 bridgehead atoms. The summed E-state index contributed by atoms with van der Waals surface area (Å²) in [5.41, 5.74) is 0. The predicted molar refractivity (Wildman–Crippen MR) is 71.0 cm³/mol. The van der Waals surface area contributed by atoms with Gasteiger partial charge in [-0.3, -0.25) is 4.79 Å². The maximum Gasteiger partial charge on any atom is 0.224 e. The van der Waals surface area contributed by atoms with Crippen molar-refractivity contribution in [1.82, 2.24) is 15.5 Å². The van der Waals surface area contributed by atoms with Crippen molar-refractivity contribution in [3.63, 3.8) is 0 Å². The molecule has 17 heavy (non-hydrogen) atoms. The summed E-state index contributed by atoms with van der Waals surface area (Å²) in [5, 5.41) is 6.20. The molecule has 0 spiro atoms. The largest absolute Gasteiger partial charge is 0.353 e.